The molecule has 0 unspecified atom stereocenters. The molecule has 0 heterocycles. The number of ether oxygens (including phenoxy) is 2. The third-order valence-corrected chi connectivity index (χ3v) is 2.02. The Balaban J connectivity index is 2.66. The van der Waals surface area contributed by atoms with E-state index in [4.69, 9.17) is 9.47 Å². The van der Waals surface area contributed by atoms with Gasteiger partial charge in [-0.3, -0.25) is 0 Å². The topological polar surface area (TPSA) is 55.8 Å². The van der Waals surface area contributed by atoms with E-state index in [1.54, 1.807) is 24.3 Å². The Hall–Kier alpha value is -1.97. The number of para-hydroxylation sites is 1. The number of hydrogen-bond donors (Lipinski definition) is 1. The van der Waals surface area contributed by atoms with Crippen LogP contribution in [0.2, 0.25) is 0 Å². The van der Waals surface area contributed by atoms with Crippen LogP contribution in [0.4, 0.5) is 0 Å². The molecular weight excluding hydrogens is 220 g/mol. The Bertz CT molecular complexity index is 395. The Morgan fingerprint density at radius 1 is 1.29 bits per heavy atom. The van der Waals surface area contributed by atoms with Gasteiger partial charge in [0.15, 0.2) is 0 Å². The minimum atomic E-state index is -0.569. The van der Waals surface area contributed by atoms with E-state index in [2.05, 4.69) is 0 Å². The summed E-state index contributed by atoms with van der Waals surface area (Å²) < 4.78 is 9.99. The monoisotopic (exact) mass is 236 g/mol. The minimum absolute atomic E-state index is 0.0577. The molecule has 4 nitrogen and oxygen atoms in total. The lowest BCUT2D eigenvalue weighted by atomic mass is 10.3. The van der Waals surface area contributed by atoms with Crippen molar-refractivity contribution >= 4 is 5.97 Å². The van der Waals surface area contributed by atoms with Crippen molar-refractivity contribution < 1.29 is 19.4 Å². The van der Waals surface area contributed by atoms with Crippen LogP contribution in [0.25, 0.3) is 0 Å². The van der Waals surface area contributed by atoms with E-state index in [9.17, 15) is 9.90 Å². The third-order valence-electron chi connectivity index (χ3n) is 2.02. The summed E-state index contributed by atoms with van der Waals surface area (Å²) in [5, 5.41) is 9.60. The summed E-state index contributed by atoms with van der Waals surface area (Å²) in [6, 6.07) is 8.73. The van der Waals surface area contributed by atoms with Crippen molar-refractivity contribution in [2.45, 2.75) is 20.3 Å². The number of hydrogen-bond acceptors (Lipinski definition) is 4. The Morgan fingerprint density at radius 2 is 1.94 bits per heavy atom. The molecule has 0 fully saturated rings. The van der Waals surface area contributed by atoms with Crippen molar-refractivity contribution in [3.05, 3.63) is 41.9 Å². The summed E-state index contributed by atoms with van der Waals surface area (Å²) >= 11 is 0. The van der Waals surface area contributed by atoms with Gasteiger partial charge in [-0.15, -0.1) is 0 Å². The number of benzene rings is 1. The third kappa shape index (κ3) is 4.18. The first-order valence-electron chi connectivity index (χ1n) is 5.45. The SMILES string of the molecule is CCCOC(=O)C(C)=C(O)Oc1ccccc1. The Labute approximate surface area is 100 Å². The molecule has 0 aromatic heterocycles. The lowest BCUT2D eigenvalue weighted by Crippen LogP contribution is -2.11. The molecule has 0 aliphatic heterocycles. The maximum absolute atomic E-state index is 11.4. The molecule has 0 aliphatic rings. The summed E-state index contributed by atoms with van der Waals surface area (Å²) in [5.41, 5.74) is 0.0577. The highest BCUT2D eigenvalue weighted by Crippen LogP contribution is 2.14. The van der Waals surface area contributed by atoms with Gasteiger partial charge in [0.2, 0.25) is 0 Å². The molecule has 0 aliphatic carbocycles. The van der Waals surface area contributed by atoms with Crippen molar-refractivity contribution in [1.29, 1.82) is 0 Å². The highest BCUT2D eigenvalue weighted by molar-refractivity contribution is 5.87. The van der Waals surface area contributed by atoms with Crippen molar-refractivity contribution in [3.63, 3.8) is 0 Å². The fourth-order valence-corrected chi connectivity index (χ4v) is 1.07. The summed E-state index contributed by atoms with van der Waals surface area (Å²) in [4.78, 5) is 11.4. The van der Waals surface area contributed by atoms with Crippen molar-refractivity contribution in [3.8, 4) is 5.75 Å². The first-order valence-corrected chi connectivity index (χ1v) is 5.45. The fourth-order valence-electron chi connectivity index (χ4n) is 1.07. The predicted octanol–water partition coefficient (Wildman–Crippen LogP) is 2.81. The van der Waals surface area contributed by atoms with E-state index >= 15 is 0 Å². The first-order chi connectivity index (χ1) is 8.15. The van der Waals surface area contributed by atoms with Crippen LogP contribution < -0.4 is 4.74 Å². The highest BCUT2D eigenvalue weighted by atomic mass is 16.6. The Kier molecular flexibility index (Phi) is 5.07. The molecule has 0 atom stereocenters. The molecular formula is C13H16O4. The molecule has 17 heavy (non-hydrogen) atoms. The lowest BCUT2D eigenvalue weighted by molar-refractivity contribution is -0.139. The lowest BCUT2D eigenvalue weighted by Gasteiger charge is -2.07. The zero-order valence-electron chi connectivity index (χ0n) is 9.97. The summed E-state index contributed by atoms with van der Waals surface area (Å²) in [5.74, 6) is -0.537. The van der Waals surface area contributed by atoms with Gasteiger partial charge in [-0.1, -0.05) is 25.1 Å². The minimum Gasteiger partial charge on any atom is -0.480 e. The van der Waals surface area contributed by atoms with E-state index in [0.29, 0.717) is 12.4 Å². The van der Waals surface area contributed by atoms with Crippen LogP contribution in [0.5, 0.6) is 5.75 Å². The van der Waals surface area contributed by atoms with Crippen LogP contribution in [0.15, 0.2) is 41.9 Å². The van der Waals surface area contributed by atoms with E-state index in [0.717, 1.165) is 6.42 Å². The quantitative estimate of drug-likeness (QED) is 0.485. The molecule has 1 N–H and O–H groups in total. The van der Waals surface area contributed by atoms with Crippen LogP contribution >= 0.6 is 0 Å². The Morgan fingerprint density at radius 3 is 2.53 bits per heavy atom. The average Bonchev–Trinajstić information content (AvgIpc) is 2.36. The number of aliphatic hydroxyl groups is 1. The zero-order valence-corrected chi connectivity index (χ0v) is 9.97. The van der Waals surface area contributed by atoms with E-state index in [1.807, 2.05) is 13.0 Å². The van der Waals surface area contributed by atoms with Crippen LogP contribution in [0, 0.1) is 0 Å². The molecule has 92 valence electrons. The zero-order chi connectivity index (χ0) is 12.7. The summed E-state index contributed by atoms with van der Waals surface area (Å²) in [7, 11) is 0. The number of carbonyl (C=O) groups is 1. The van der Waals surface area contributed by atoms with Crippen LogP contribution in [-0.2, 0) is 9.53 Å². The fraction of sp³-hybridized carbons (Fsp3) is 0.308. The van der Waals surface area contributed by atoms with Crippen LogP contribution in [0.3, 0.4) is 0 Å². The molecule has 0 spiro atoms. The van der Waals surface area contributed by atoms with Crippen molar-refractivity contribution in [2.75, 3.05) is 6.61 Å². The second-order valence-corrected chi connectivity index (χ2v) is 3.48. The number of aliphatic hydroxyl groups excluding tert-OH is 1. The second kappa shape index (κ2) is 6.58. The molecule has 4 heteroatoms. The van der Waals surface area contributed by atoms with Crippen molar-refractivity contribution in [2.24, 2.45) is 0 Å². The molecule has 1 rings (SSSR count). The standard InChI is InChI=1S/C13H16O4/c1-3-9-16-12(14)10(2)13(15)17-11-7-5-4-6-8-11/h4-8,15H,3,9H2,1-2H3. The number of carbonyl (C=O) groups excluding carboxylic acids is 1. The van der Waals surface area contributed by atoms with E-state index < -0.39 is 11.9 Å². The molecule has 0 bridgehead atoms. The van der Waals surface area contributed by atoms with Gasteiger partial charge in [-0.25, -0.2) is 4.79 Å². The normalized spacial score (nSPS) is 11.6. The largest absolute Gasteiger partial charge is 0.480 e. The molecule has 0 saturated carbocycles. The summed E-state index contributed by atoms with van der Waals surface area (Å²) in [6.07, 6.45) is 0.735. The maximum atomic E-state index is 11.4. The van der Waals surface area contributed by atoms with Gasteiger partial charge in [0.1, 0.15) is 11.3 Å². The van der Waals surface area contributed by atoms with Gasteiger partial charge in [0.25, 0.3) is 5.95 Å². The van der Waals surface area contributed by atoms with Crippen LogP contribution in [-0.4, -0.2) is 17.7 Å². The number of rotatable bonds is 5. The second-order valence-electron chi connectivity index (χ2n) is 3.48. The van der Waals surface area contributed by atoms with Gasteiger partial charge in [0, 0.05) is 0 Å². The maximum Gasteiger partial charge on any atom is 0.340 e. The highest BCUT2D eigenvalue weighted by Gasteiger charge is 2.13. The molecule has 0 amide bonds. The van der Waals surface area contributed by atoms with Gasteiger partial charge in [-0.05, 0) is 25.5 Å². The van der Waals surface area contributed by atoms with E-state index in [-0.39, 0.29) is 5.57 Å². The van der Waals surface area contributed by atoms with Crippen LogP contribution in [0.1, 0.15) is 20.3 Å². The molecule has 0 saturated heterocycles. The van der Waals surface area contributed by atoms with Gasteiger partial charge in [0.05, 0.1) is 6.61 Å². The number of esters is 1. The first kappa shape index (κ1) is 13.1. The summed E-state index contributed by atoms with van der Waals surface area (Å²) in [6.45, 7) is 3.68. The average molecular weight is 236 g/mol. The molecule has 1 aromatic rings. The van der Waals surface area contributed by atoms with Gasteiger partial charge in [-0.2, -0.15) is 0 Å². The van der Waals surface area contributed by atoms with Gasteiger partial charge >= 0.3 is 5.97 Å². The van der Waals surface area contributed by atoms with E-state index in [1.165, 1.54) is 6.92 Å². The van der Waals surface area contributed by atoms with Gasteiger partial charge < -0.3 is 14.6 Å². The van der Waals surface area contributed by atoms with Crippen molar-refractivity contribution in [1.82, 2.24) is 0 Å². The molecule has 0 radical (unpaired) electrons. The smallest absolute Gasteiger partial charge is 0.340 e. The molecule has 1 aromatic carbocycles. The predicted molar refractivity (Wildman–Crippen MR) is 63.6 cm³/mol.